The van der Waals surface area contributed by atoms with Crippen LogP contribution in [0, 0.1) is 0 Å². The number of amides is 1. The topological polar surface area (TPSA) is 59.2 Å². The molecule has 0 spiro atoms. The smallest absolute Gasteiger partial charge is 0.275 e. The van der Waals surface area contributed by atoms with Crippen LogP contribution in [0.3, 0.4) is 0 Å². The summed E-state index contributed by atoms with van der Waals surface area (Å²) in [4.78, 5) is 21.3. The van der Waals surface area contributed by atoms with E-state index in [0.29, 0.717) is 16.5 Å². The minimum absolute atomic E-state index is 0.149. The molecule has 5 heteroatoms. The first-order chi connectivity index (χ1) is 13.6. The number of nitrogens with two attached hydrogens (primary N) is 1. The summed E-state index contributed by atoms with van der Waals surface area (Å²) in [5.74, 6) is 0.168. The summed E-state index contributed by atoms with van der Waals surface area (Å²) in [6, 6.07) is 23.2. The van der Waals surface area contributed by atoms with E-state index >= 15 is 0 Å². The Hall–Kier alpha value is -3.18. The monoisotopic (exact) mass is 387 g/mol. The van der Waals surface area contributed by atoms with Crippen molar-refractivity contribution < 1.29 is 4.79 Å². The first kappa shape index (κ1) is 18.2. The fourth-order valence-corrected chi connectivity index (χ4v) is 4.16. The van der Waals surface area contributed by atoms with E-state index in [1.54, 1.807) is 4.90 Å². The number of hydrogen-bond acceptors (Lipinski definition) is 4. The van der Waals surface area contributed by atoms with E-state index in [9.17, 15) is 4.79 Å². The highest BCUT2D eigenvalue weighted by atomic mass is 32.1. The van der Waals surface area contributed by atoms with E-state index in [4.69, 9.17) is 10.7 Å². The van der Waals surface area contributed by atoms with Gasteiger partial charge in [-0.25, -0.2) is 4.98 Å². The minimum atomic E-state index is -0.149. The van der Waals surface area contributed by atoms with Gasteiger partial charge in [-0.05, 0) is 42.3 Å². The molecule has 140 valence electrons. The highest BCUT2D eigenvalue weighted by Gasteiger charge is 2.25. The highest BCUT2D eigenvalue weighted by Crippen LogP contribution is 2.37. The molecule has 0 atom stereocenters. The van der Waals surface area contributed by atoms with Crippen molar-refractivity contribution in [3.8, 4) is 0 Å². The first-order valence-corrected chi connectivity index (χ1v) is 10.0. The average Bonchev–Trinajstić information content (AvgIpc) is 3.06. The molecule has 2 aromatic carbocycles. The van der Waals surface area contributed by atoms with E-state index in [-0.39, 0.29) is 5.91 Å². The molecule has 0 saturated carbocycles. The van der Waals surface area contributed by atoms with Crippen LogP contribution in [0.2, 0.25) is 0 Å². The van der Waals surface area contributed by atoms with Gasteiger partial charge in [-0.15, -0.1) is 11.3 Å². The minimum Gasteiger partial charge on any atom is -0.397 e. The Balaban J connectivity index is 1.84. The first-order valence-electron chi connectivity index (χ1n) is 9.19. The van der Waals surface area contributed by atoms with Crippen molar-refractivity contribution >= 4 is 44.5 Å². The molecular weight excluding hydrogens is 366 g/mol. The molecule has 0 saturated heterocycles. The molecule has 2 aromatic heterocycles. The predicted octanol–water partition coefficient (Wildman–Crippen LogP) is 5.98. The Bertz CT molecular complexity index is 1080. The number of thiophene rings is 1. The highest BCUT2D eigenvalue weighted by molar-refractivity contribution is 7.21. The van der Waals surface area contributed by atoms with Crippen LogP contribution in [-0.4, -0.2) is 10.9 Å². The van der Waals surface area contributed by atoms with Crippen LogP contribution >= 0.6 is 11.3 Å². The van der Waals surface area contributed by atoms with Crippen molar-refractivity contribution in [2.75, 3.05) is 10.6 Å². The maximum Gasteiger partial charge on any atom is 0.275 e. The molecule has 28 heavy (non-hydrogen) atoms. The van der Waals surface area contributed by atoms with E-state index in [1.807, 2.05) is 72.8 Å². The number of fused-ring (bicyclic) bond motifs is 1. The number of pyridine rings is 1. The fourth-order valence-electron chi connectivity index (χ4n) is 3.13. The standard InChI is InChI=1S/C23H21N3OS/c1-15(2)19-14-13-18-20(24)21(28-22(18)25-19)23(27)26(16-9-5-3-6-10-16)17-11-7-4-8-12-17/h3-15H,24H2,1-2H3. The van der Waals surface area contributed by atoms with E-state index in [0.717, 1.165) is 27.3 Å². The lowest BCUT2D eigenvalue weighted by atomic mass is 10.1. The lowest BCUT2D eigenvalue weighted by Crippen LogP contribution is -2.25. The van der Waals surface area contributed by atoms with Gasteiger partial charge in [0.05, 0.1) is 5.69 Å². The van der Waals surface area contributed by atoms with Crippen molar-refractivity contribution in [1.29, 1.82) is 0 Å². The summed E-state index contributed by atoms with van der Waals surface area (Å²) in [7, 11) is 0. The summed E-state index contributed by atoms with van der Waals surface area (Å²) in [5.41, 5.74) is 9.46. The molecule has 2 heterocycles. The number of benzene rings is 2. The largest absolute Gasteiger partial charge is 0.397 e. The molecule has 0 aliphatic rings. The van der Waals surface area contributed by atoms with Gasteiger partial charge < -0.3 is 5.73 Å². The lowest BCUT2D eigenvalue weighted by Gasteiger charge is -2.22. The zero-order valence-corrected chi connectivity index (χ0v) is 16.6. The third-order valence-corrected chi connectivity index (χ3v) is 5.74. The summed E-state index contributed by atoms with van der Waals surface area (Å²) < 4.78 is 0. The maximum atomic E-state index is 13.6. The number of carbonyl (C=O) groups excluding carboxylic acids is 1. The molecule has 0 aliphatic carbocycles. The number of nitrogens with zero attached hydrogens (tertiary/aromatic N) is 2. The molecule has 4 rings (SSSR count). The quantitative estimate of drug-likeness (QED) is 0.468. The molecule has 0 unspecified atom stereocenters. The summed E-state index contributed by atoms with van der Waals surface area (Å²) in [5, 5.41) is 0.832. The molecule has 2 N–H and O–H groups in total. The summed E-state index contributed by atoms with van der Waals surface area (Å²) in [6.45, 7) is 4.20. The van der Waals surface area contributed by atoms with Crippen LogP contribution in [-0.2, 0) is 0 Å². The third-order valence-electron chi connectivity index (χ3n) is 4.63. The molecule has 4 nitrogen and oxygen atoms in total. The second kappa shape index (κ2) is 7.44. The third kappa shape index (κ3) is 3.25. The summed E-state index contributed by atoms with van der Waals surface area (Å²) in [6.07, 6.45) is 0. The van der Waals surface area contributed by atoms with Crippen molar-refractivity contribution in [1.82, 2.24) is 4.98 Å². The van der Waals surface area contributed by atoms with Crippen LogP contribution in [0.15, 0.2) is 72.8 Å². The van der Waals surface area contributed by atoms with Crippen LogP contribution in [0.5, 0.6) is 0 Å². The Kier molecular flexibility index (Phi) is 4.84. The second-order valence-corrected chi connectivity index (χ2v) is 7.90. The van der Waals surface area contributed by atoms with Crippen molar-refractivity contribution in [2.45, 2.75) is 19.8 Å². The Morgan fingerprint density at radius 2 is 1.50 bits per heavy atom. The van der Waals surface area contributed by atoms with Crippen LogP contribution in [0.1, 0.15) is 35.1 Å². The van der Waals surface area contributed by atoms with Gasteiger partial charge in [0.2, 0.25) is 0 Å². The SMILES string of the molecule is CC(C)c1ccc2c(N)c(C(=O)N(c3ccccc3)c3ccccc3)sc2n1. The zero-order valence-electron chi connectivity index (χ0n) is 15.8. The molecule has 0 aliphatic heterocycles. The molecular formula is C23H21N3OS. The molecule has 0 radical (unpaired) electrons. The van der Waals surface area contributed by atoms with E-state index in [2.05, 4.69) is 13.8 Å². The number of para-hydroxylation sites is 2. The number of hydrogen-bond donors (Lipinski definition) is 1. The van der Waals surface area contributed by atoms with Crippen molar-refractivity contribution in [2.24, 2.45) is 0 Å². The maximum absolute atomic E-state index is 13.6. The zero-order chi connectivity index (χ0) is 19.7. The molecule has 0 bridgehead atoms. The van der Waals surface area contributed by atoms with Gasteiger partial charge in [-0.1, -0.05) is 50.2 Å². The van der Waals surface area contributed by atoms with Crippen molar-refractivity contribution in [3.63, 3.8) is 0 Å². The predicted molar refractivity (Wildman–Crippen MR) is 117 cm³/mol. The normalized spacial score (nSPS) is 11.1. The van der Waals surface area contributed by atoms with Gasteiger partial charge in [-0.2, -0.15) is 0 Å². The molecule has 4 aromatic rings. The van der Waals surface area contributed by atoms with E-state index < -0.39 is 0 Å². The fraction of sp³-hybridized carbons (Fsp3) is 0.130. The van der Waals surface area contributed by atoms with Crippen molar-refractivity contribution in [3.05, 3.63) is 83.4 Å². The number of aromatic nitrogens is 1. The van der Waals surface area contributed by atoms with Crippen LogP contribution < -0.4 is 10.6 Å². The lowest BCUT2D eigenvalue weighted by molar-refractivity contribution is 0.100. The Morgan fingerprint density at radius 3 is 2.04 bits per heavy atom. The van der Waals surface area contributed by atoms with Gasteiger partial charge in [0.15, 0.2) is 0 Å². The van der Waals surface area contributed by atoms with Gasteiger partial charge in [0.1, 0.15) is 9.71 Å². The van der Waals surface area contributed by atoms with Gasteiger partial charge in [-0.3, -0.25) is 9.69 Å². The number of anilines is 3. The Morgan fingerprint density at radius 1 is 0.929 bits per heavy atom. The van der Waals surface area contributed by atoms with Crippen LogP contribution in [0.4, 0.5) is 17.1 Å². The van der Waals surface area contributed by atoms with Gasteiger partial charge >= 0.3 is 0 Å². The number of rotatable bonds is 4. The Labute approximate surface area is 168 Å². The molecule has 0 fully saturated rings. The van der Waals surface area contributed by atoms with Crippen LogP contribution in [0.25, 0.3) is 10.2 Å². The van der Waals surface area contributed by atoms with Gasteiger partial charge in [0.25, 0.3) is 5.91 Å². The number of nitrogen functional groups attached to an aromatic ring is 1. The van der Waals surface area contributed by atoms with Gasteiger partial charge in [0, 0.05) is 22.5 Å². The second-order valence-electron chi connectivity index (χ2n) is 6.90. The summed E-state index contributed by atoms with van der Waals surface area (Å²) >= 11 is 1.35. The average molecular weight is 388 g/mol. The molecule has 1 amide bonds. The number of carbonyl (C=O) groups is 1. The van der Waals surface area contributed by atoms with E-state index in [1.165, 1.54) is 11.3 Å².